The van der Waals surface area contributed by atoms with Gasteiger partial charge in [-0.15, -0.1) is 45.3 Å². The maximum atomic E-state index is 5.18. The molecule has 6 rings (SSSR count). The number of rotatable bonds is 6. The van der Waals surface area contributed by atoms with Gasteiger partial charge in [0.15, 0.2) is 10.0 Å². The number of thiophene rings is 2. The number of hydrogen-bond donors (Lipinski definition) is 0. The Balaban J connectivity index is 1.49. The lowest BCUT2D eigenvalue weighted by Gasteiger charge is -2.03. The van der Waals surface area contributed by atoms with E-state index in [2.05, 4.69) is 77.9 Å². The first-order chi connectivity index (χ1) is 17.3. The van der Waals surface area contributed by atoms with Gasteiger partial charge in [0.1, 0.15) is 0 Å². The Kier molecular flexibility index (Phi) is 6.27. The molecule has 0 aliphatic rings. The lowest BCUT2D eigenvalue weighted by Crippen LogP contribution is -1.96. The molecule has 6 heteroatoms. The summed E-state index contributed by atoms with van der Waals surface area (Å²) in [5, 5.41) is 7.55. The third-order valence-corrected chi connectivity index (χ3v) is 11.2. The standard InChI is InChI=1S/C30H30N2S4/c1-15(2)11-23-18(6)34-29(31-23)30-32-24(12-16(3)4)28(36-30)25-14-20-8-10-21-22(27(20)35-25)9-7-19-13-17(5)33-26(19)21/h7-10,13-16H,11-12H2,1-6H3. The van der Waals surface area contributed by atoms with E-state index in [1.165, 1.54) is 61.8 Å². The minimum absolute atomic E-state index is 0.554. The molecule has 0 N–H and O–H groups in total. The van der Waals surface area contributed by atoms with Gasteiger partial charge >= 0.3 is 0 Å². The minimum atomic E-state index is 0.554. The van der Waals surface area contributed by atoms with Crippen molar-refractivity contribution >= 4 is 76.3 Å². The van der Waals surface area contributed by atoms with Crippen molar-refractivity contribution in [1.82, 2.24) is 9.97 Å². The normalized spacial score (nSPS) is 12.3. The zero-order chi connectivity index (χ0) is 25.1. The molecule has 4 aromatic heterocycles. The zero-order valence-electron chi connectivity index (χ0n) is 21.6. The number of fused-ring (bicyclic) bond motifs is 5. The predicted molar refractivity (Wildman–Crippen MR) is 163 cm³/mol. The van der Waals surface area contributed by atoms with Gasteiger partial charge in [0.2, 0.25) is 0 Å². The molecular formula is C30H30N2S4. The van der Waals surface area contributed by atoms with Crippen molar-refractivity contribution in [2.24, 2.45) is 11.8 Å². The lowest BCUT2D eigenvalue weighted by molar-refractivity contribution is 0.635. The Morgan fingerprint density at radius 1 is 0.667 bits per heavy atom. The number of benzene rings is 2. The van der Waals surface area contributed by atoms with Gasteiger partial charge in [-0.1, -0.05) is 52.0 Å². The summed E-state index contributed by atoms with van der Waals surface area (Å²) in [7, 11) is 0. The van der Waals surface area contributed by atoms with Gasteiger partial charge in [-0.25, -0.2) is 9.97 Å². The van der Waals surface area contributed by atoms with Gasteiger partial charge in [0.25, 0.3) is 0 Å². The van der Waals surface area contributed by atoms with Crippen LogP contribution in [0.25, 0.3) is 50.7 Å². The van der Waals surface area contributed by atoms with Crippen molar-refractivity contribution in [3.8, 4) is 19.8 Å². The quantitative estimate of drug-likeness (QED) is 0.208. The first kappa shape index (κ1) is 24.2. The second-order valence-electron chi connectivity index (χ2n) is 10.5. The van der Waals surface area contributed by atoms with Crippen molar-refractivity contribution in [1.29, 1.82) is 0 Å². The smallest absolute Gasteiger partial charge is 0.153 e. The summed E-state index contributed by atoms with van der Waals surface area (Å²) in [4.78, 5) is 15.6. The van der Waals surface area contributed by atoms with E-state index in [0.29, 0.717) is 11.8 Å². The van der Waals surface area contributed by atoms with E-state index in [-0.39, 0.29) is 0 Å². The summed E-state index contributed by atoms with van der Waals surface area (Å²) in [5.41, 5.74) is 2.45. The Hall–Kier alpha value is -2.12. The third kappa shape index (κ3) is 4.32. The summed E-state index contributed by atoms with van der Waals surface area (Å²) in [6, 6.07) is 13.9. The second-order valence-corrected chi connectivity index (χ2v) is 15.1. The number of aryl methyl sites for hydroxylation is 2. The van der Waals surface area contributed by atoms with Crippen LogP contribution in [-0.4, -0.2) is 9.97 Å². The van der Waals surface area contributed by atoms with E-state index in [1.807, 2.05) is 34.0 Å². The topological polar surface area (TPSA) is 25.8 Å². The highest BCUT2D eigenvalue weighted by Gasteiger charge is 2.21. The summed E-state index contributed by atoms with van der Waals surface area (Å²) in [5.74, 6) is 1.16. The SMILES string of the molecule is Cc1cc2ccc3c(ccc4cc(-c5sc(-c6nc(CC(C)C)c(C)s6)nc5CC(C)C)sc43)c2s1. The van der Waals surface area contributed by atoms with E-state index in [1.54, 1.807) is 11.3 Å². The van der Waals surface area contributed by atoms with Gasteiger partial charge in [0.05, 0.1) is 16.3 Å². The van der Waals surface area contributed by atoms with Crippen molar-refractivity contribution < 1.29 is 0 Å². The van der Waals surface area contributed by atoms with Crippen LogP contribution in [0.2, 0.25) is 0 Å². The molecule has 2 nitrogen and oxygen atoms in total. The second kappa shape index (κ2) is 9.32. The number of nitrogens with zero attached hydrogens (tertiary/aromatic N) is 2. The van der Waals surface area contributed by atoms with Crippen LogP contribution in [0.1, 0.15) is 48.8 Å². The molecule has 184 valence electrons. The van der Waals surface area contributed by atoms with Gasteiger partial charge < -0.3 is 0 Å². The highest BCUT2D eigenvalue weighted by Crippen LogP contribution is 2.45. The van der Waals surface area contributed by atoms with Crippen LogP contribution < -0.4 is 0 Å². The average Bonchev–Trinajstić information content (AvgIpc) is 3.57. The van der Waals surface area contributed by atoms with Gasteiger partial charge in [-0.3, -0.25) is 0 Å². The lowest BCUT2D eigenvalue weighted by atomic mass is 10.1. The molecule has 2 aromatic carbocycles. The predicted octanol–water partition coefficient (Wildman–Crippen LogP) is 10.5. The van der Waals surface area contributed by atoms with Crippen LogP contribution in [0.5, 0.6) is 0 Å². The highest BCUT2D eigenvalue weighted by molar-refractivity contribution is 7.28. The molecule has 0 radical (unpaired) electrons. The molecule has 0 bridgehead atoms. The minimum Gasteiger partial charge on any atom is -0.238 e. The zero-order valence-corrected chi connectivity index (χ0v) is 24.8. The van der Waals surface area contributed by atoms with Crippen LogP contribution >= 0.6 is 45.3 Å². The van der Waals surface area contributed by atoms with Crippen LogP contribution in [0.15, 0.2) is 36.4 Å². The Bertz CT molecular complexity index is 1720. The molecule has 0 amide bonds. The fourth-order valence-corrected chi connectivity index (χ4v) is 9.30. The summed E-state index contributed by atoms with van der Waals surface area (Å²) in [6.07, 6.45) is 2.01. The maximum absolute atomic E-state index is 5.18. The van der Waals surface area contributed by atoms with Crippen molar-refractivity contribution in [2.45, 2.75) is 54.4 Å². The molecule has 0 aliphatic carbocycles. The summed E-state index contributed by atoms with van der Waals surface area (Å²) in [6.45, 7) is 13.5. The monoisotopic (exact) mass is 546 g/mol. The molecule has 0 atom stereocenters. The van der Waals surface area contributed by atoms with Crippen molar-refractivity contribution in [2.75, 3.05) is 0 Å². The van der Waals surface area contributed by atoms with Gasteiger partial charge in [-0.05, 0) is 61.4 Å². The van der Waals surface area contributed by atoms with Crippen LogP contribution in [0, 0.1) is 25.7 Å². The first-order valence-electron chi connectivity index (χ1n) is 12.6. The summed E-state index contributed by atoms with van der Waals surface area (Å²) < 4.78 is 2.78. The number of thiazole rings is 2. The fourth-order valence-electron chi connectivity index (χ4n) is 4.90. The molecule has 0 fully saturated rings. The Morgan fingerprint density at radius 3 is 1.94 bits per heavy atom. The van der Waals surface area contributed by atoms with E-state index in [0.717, 1.165) is 22.9 Å². The first-order valence-corrected chi connectivity index (χ1v) is 15.9. The largest absolute Gasteiger partial charge is 0.238 e. The van der Waals surface area contributed by atoms with Gasteiger partial charge in [-0.2, -0.15) is 0 Å². The van der Waals surface area contributed by atoms with E-state index < -0.39 is 0 Å². The van der Waals surface area contributed by atoms with Crippen molar-refractivity contribution in [3.63, 3.8) is 0 Å². The van der Waals surface area contributed by atoms with E-state index in [9.17, 15) is 0 Å². The van der Waals surface area contributed by atoms with Crippen LogP contribution in [0.4, 0.5) is 0 Å². The highest BCUT2D eigenvalue weighted by atomic mass is 32.1. The molecule has 0 spiro atoms. The van der Waals surface area contributed by atoms with E-state index >= 15 is 0 Å². The molecular weight excluding hydrogens is 517 g/mol. The average molecular weight is 547 g/mol. The molecule has 36 heavy (non-hydrogen) atoms. The third-order valence-electron chi connectivity index (χ3n) is 6.48. The number of hydrogen-bond acceptors (Lipinski definition) is 6. The van der Waals surface area contributed by atoms with Crippen LogP contribution in [0.3, 0.4) is 0 Å². The Morgan fingerprint density at radius 2 is 1.25 bits per heavy atom. The maximum Gasteiger partial charge on any atom is 0.153 e. The Labute approximate surface area is 228 Å². The fraction of sp³-hybridized carbons (Fsp3) is 0.333. The molecule has 0 saturated carbocycles. The molecule has 6 aromatic rings. The molecule has 0 unspecified atom stereocenters. The van der Waals surface area contributed by atoms with Crippen molar-refractivity contribution in [3.05, 3.63) is 57.5 Å². The molecule has 4 heterocycles. The summed E-state index contributed by atoms with van der Waals surface area (Å²) >= 11 is 7.44. The molecule has 0 aliphatic heterocycles. The number of aromatic nitrogens is 2. The molecule has 0 saturated heterocycles. The van der Waals surface area contributed by atoms with Crippen LogP contribution in [-0.2, 0) is 12.8 Å². The van der Waals surface area contributed by atoms with E-state index in [4.69, 9.17) is 9.97 Å². The van der Waals surface area contributed by atoms with Gasteiger partial charge in [0, 0.05) is 34.8 Å².